The van der Waals surface area contributed by atoms with Gasteiger partial charge < -0.3 is 31.1 Å². The number of primary amides is 1. The summed E-state index contributed by atoms with van der Waals surface area (Å²) in [6.45, 7) is 0. The van der Waals surface area contributed by atoms with Crippen molar-refractivity contribution in [1.82, 2.24) is 14.9 Å². The fraction of sp³-hybridized carbons (Fsp3) is 0.357. The van der Waals surface area contributed by atoms with Crippen molar-refractivity contribution < 1.29 is 39.6 Å². The van der Waals surface area contributed by atoms with Crippen LogP contribution in [0.4, 0.5) is 0 Å². The lowest BCUT2D eigenvalue weighted by Crippen LogP contribution is -2.65. The van der Waals surface area contributed by atoms with Crippen molar-refractivity contribution >= 4 is 29.0 Å². The van der Waals surface area contributed by atoms with Crippen LogP contribution in [0.25, 0.3) is 5.76 Å². The molecule has 1 heterocycles. The van der Waals surface area contributed by atoms with Gasteiger partial charge in [-0.1, -0.05) is 6.07 Å². The minimum atomic E-state index is -2.72. The van der Waals surface area contributed by atoms with Crippen molar-refractivity contribution in [2.24, 2.45) is 17.6 Å². The van der Waals surface area contributed by atoms with Crippen LogP contribution in [0.5, 0.6) is 5.75 Å². The van der Waals surface area contributed by atoms with Gasteiger partial charge in [0.2, 0.25) is 5.78 Å². The fourth-order valence-electron chi connectivity index (χ4n) is 6.44. The van der Waals surface area contributed by atoms with Crippen LogP contribution < -0.4 is 11.3 Å². The summed E-state index contributed by atoms with van der Waals surface area (Å²) in [4.78, 5) is 71.0. The molecule has 1 aromatic heterocycles. The molecular formula is C28H28N4O9. The number of H-pyrrole nitrogens is 1. The van der Waals surface area contributed by atoms with Crippen molar-refractivity contribution in [2.75, 3.05) is 14.1 Å². The maximum absolute atomic E-state index is 13.9. The number of nitrogens with two attached hydrogens (primary N) is 1. The molecule has 3 aliphatic carbocycles. The van der Waals surface area contributed by atoms with E-state index in [1.165, 1.54) is 25.1 Å². The first-order valence-electron chi connectivity index (χ1n) is 12.8. The van der Waals surface area contributed by atoms with Crippen LogP contribution in [0.1, 0.15) is 40.0 Å². The molecule has 0 spiro atoms. The Hall–Kier alpha value is -4.62. The maximum atomic E-state index is 13.9. The van der Waals surface area contributed by atoms with Crippen molar-refractivity contribution in [3.63, 3.8) is 0 Å². The van der Waals surface area contributed by atoms with Crippen LogP contribution in [0, 0.1) is 11.8 Å². The number of aliphatic hydroxyl groups is 3. The third-order valence-corrected chi connectivity index (χ3v) is 8.29. The molecule has 41 heavy (non-hydrogen) atoms. The van der Waals surface area contributed by atoms with E-state index in [2.05, 4.69) is 9.97 Å². The molecule has 0 bridgehead atoms. The lowest BCUT2D eigenvalue weighted by atomic mass is 9.57. The SMILES string of the molecule is CN(C)C1C(=O)C(C(N)=O)=C(O)C2(O)C(=O)C3=C(O)c4c(O)ccc(CCC(=O)c5cc(=O)[nH]cn5)c4CC3CC12. The number of aryl methyl sites for hydroxylation is 1. The highest BCUT2D eigenvalue weighted by Crippen LogP contribution is 2.53. The molecular weight excluding hydrogens is 536 g/mol. The first kappa shape index (κ1) is 27.9. The number of nitrogens with zero attached hydrogens (tertiary/aromatic N) is 2. The van der Waals surface area contributed by atoms with Crippen LogP contribution >= 0.6 is 0 Å². The Balaban J connectivity index is 1.58. The van der Waals surface area contributed by atoms with Crippen LogP contribution in [-0.2, 0) is 27.2 Å². The number of benzene rings is 1. The summed E-state index contributed by atoms with van der Waals surface area (Å²) in [5.74, 6) is -7.66. The fourth-order valence-corrected chi connectivity index (χ4v) is 6.44. The summed E-state index contributed by atoms with van der Waals surface area (Å²) in [6.07, 6.45) is 1.31. The van der Waals surface area contributed by atoms with E-state index in [0.29, 0.717) is 11.1 Å². The first-order chi connectivity index (χ1) is 19.3. The highest BCUT2D eigenvalue weighted by molar-refractivity contribution is 6.24. The molecule has 1 fully saturated rings. The van der Waals surface area contributed by atoms with Gasteiger partial charge in [-0.05, 0) is 56.5 Å². The highest BCUT2D eigenvalue weighted by atomic mass is 16.3. The average molecular weight is 565 g/mol. The Morgan fingerprint density at radius 1 is 1.17 bits per heavy atom. The number of amides is 1. The molecule has 4 unspecified atom stereocenters. The minimum Gasteiger partial charge on any atom is -0.508 e. The maximum Gasteiger partial charge on any atom is 0.255 e. The molecule has 1 aromatic carbocycles. The summed E-state index contributed by atoms with van der Waals surface area (Å²) in [6, 6.07) is 2.79. The Labute approximate surface area is 232 Å². The van der Waals surface area contributed by atoms with E-state index >= 15 is 0 Å². The van der Waals surface area contributed by atoms with E-state index in [1.54, 1.807) is 6.07 Å². The predicted molar refractivity (Wildman–Crippen MR) is 142 cm³/mol. The molecule has 13 heteroatoms. The van der Waals surface area contributed by atoms with Gasteiger partial charge in [0, 0.05) is 24.0 Å². The number of aromatic hydroxyl groups is 1. The number of nitrogens with one attached hydrogen (secondary N) is 1. The number of hydrogen-bond donors (Lipinski definition) is 6. The number of carbonyl (C=O) groups excluding carboxylic acids is 4. The quantitative estimate of drug-likeness (QED) is 0.200. The number of likely N-dealkylation sites (N-methyl/N-ethyl adjacent to an activating group) is 1. The zero-order valence-corrected chi connectivity index (χ0v) is 22.2. The second kappa shape index (κ2) is 9.78. The van der Waals surface area contributed by atoms with E-state index in [-0.39, 0.29) is 48.3 Å². The molecule has 1 saturated carbocycles. The number of phenolic OH excluding ortho intramolecular Hbond substituents is 1. The van der Waals surface area contributed by atoms with Gasteiger partial charge in [-0.2, -0.15) is 0 Å². The molecule has 4 atom stereocenters. The zero-order valence-electron chi connectivity index (χ0n) is 22.2. The monoisotopic (exact) mass is 564 g/mol. The minimum absolute atomic E-state index is 0.0107. The number of rotatable bonds is 6. The van der Waals surface area contributed by atoms with Crippen LogP contribution in [0.3, 0.4) is 0 Å². The van der Waals surface area contributed by atoms with E-state index in [9.17, 15) is 44.4 Å². The lowest BCUT2D eigenvalue weighted by molar-refractivity contribution is -0.153. The Bertz CT molecular complexity index is 1650. The third-order valence-electron chi connectivity index (χ3n) is 8.29. The summed E-state index contributed by atoms with van der Waals surface area (Å²) >= 11 is 0. The highest BCUT2D eigenvalue weighted by Gasteiger charge is 2.64. The van der Waals surface area contributed by atoms with Crippen molar-refractivity contribution in [3.8, 4) is 5.75 Å². The molecule has 13 nitrogen and oxygen atoms in total. The predicted octanol–water partition coefficient (Wildman–Crippen LogP) is -0.137. The van der Waals surface area contributed by atoms with E-state index in [4.69, 9.17) is 5.73 Å². The first-order valence-corrected chi connectivity index (χ1v) is 12.8. The number of Topliss-reactive ketones (excluding diaryl/α,β-unsaturated/α-hetero) is 3. The summed E-state index contributed by atoms with van der Waals surface area (Å²) < 4.78 is 0. The largest absolute Gasteiger partial charge is 0.508 e. The van der Waals surface area contributed by atoms with Gasteiger partial charge in [-0.15, -0.1) is 0 Å². The zero-order chi connectivity index (χ0) is 30.0. The standard InChI is InChI=1S/C28H28N4O9/c1-32(2)22-14-8-12-7-13-11(3-5-16(33)15-9-18(35)31-10-30-15)4-6-17(34)20(13)23(36)19(12)25(38)28(14,41)26(39)21(24(22)37)27(29)40/h4,6,9-10,12,14,22,34,36,39,41H,3,5,7-8H2,1-2H3,(H2,29,40)(H,30,31,35). The molecule has 2 aromatic rings. The van der Waals surface area contributed by atoms with Gasteiger partial charge >= 0.3 is 0 Å². The second-order valence-corrected chi connectivity index (χ2v) is 10.8. The number of fused-ring (bicyclic) bond motifs is 3. The second-order valence-electron chi connectivity index (χ2n) is 10.8. The van der Waals surface area contributed by atoms with Gasteiger partial charge in [-0.3, -0.25) is 28.9 Å². The number of carbonyl (C=O) groups is 4. The lowest BCUT2D eigenvalue weighted by Gasteiger charge is -2.50. The Morgan fingerprint density at radius 3 is 2.51 bits per heavy atom. The number of hydrogen-bond acceptors (Lipinski definition) is 11. The Kier molecular flexibility index (Phi) is 6.66. The Morgan fingerprint density at radius 2 is 1.88 bits per heavy atom. The molecule has 3 aliphatic rings. The topological polar surface area (TPSA) is 224 Å². The normalized spacial score (nSPS) is 25.6. The van der Waals surface area contributed by atoms with Crippen molar-refractivity contribution in [3.05, 3.63) is 74.2 Å². The third kappa shape index (κ3) is 4.16. The van der Waals surface area contributed by atoms with Crippen LogP contribution in [-0.4, -0.2) is 84.3 Å². The molecule has 5 rings (SSSR count). The summed E-state index contributed by atoms with van der Waals surface area (Å²) in [5, 5.41) is 44.6. The van der Waals surface area contributed by atoms with E-state index in [0.717, 1.165) is 12.4 Å². The molecule has 0 saturated heterocycles. The van der Waals surface area contributed by atoms with Crippen molar-refractivity contribution in [1.29, 1.82) is 0 Å². The van der Waals surface area contributed by atoms with Gasteiger partial charge in [0.25, 0.3) is 11.5 Å². The van der Waals surface area contributed by atoms with Gasteiger partial charge in [0.05, 0.1) is 17.9 Å². The van der Waals surface area contributed by atoms with Gasteiger partial charge in [-0.25, -0.2) is 4.98 Å². The smallest absolute Gasteiger partial charge is 0.255 e. The number of phenols is 1. The van der Waals surface area contributed by atoms with Crippen LogP contribution in [0.15, 0.2) is 46.2 Å². The van der Waals surface area contributed by atoms with Gasteiger partial charge in [0.1, 0.15) is 28.5 Å². The molecule has 0 radical (unpaired) electrons. The molecule has 1 amide bonds. The van der Waals surface area contributed by atoms with E-state index < -0.39 is 69.4 Å². The number of aromatic amines is 1. The van der Waals surface area contributed by atoms with E-state index in [1.807, 2.05) is 0 Å². The average Bonchev–Trinajstić information content (AvgIpc) is 2.89. The number of aromatic nitrogens is 2. The summed E-state index contributed by atoms with van der Waals surface area (Å²) in [5.41, 5.74) is 2.01. The van der Waals surface area contributed by atoms with Crippen LogP contribution in [0.2, 0.25) is 0 Å². The summed E-state index contributed by atoms with van der Waals surface area (Å²) in [7, 11) is 3.05. The van der Waals surface area contributed by atoms with Gasteiger partial charge in [0.15, 0.2) is 17.2 Å². The van der Waals surface area contributed by atoms with Crippen molar-refractivity contribution in [2.45, 2.75) is 37.3 Å². The number of aliphatic hydroxyl groups excluding tert-OH is 2. The molecule has 7 N–H and O–H groups in total. The molecule has 214 valence electrons. The molecule has 0 aliphatic heterocycles. The number of ketones is 3.